The summed E-state index contributed by atoms with van der Waals surface area (Å²) in [5, 5.41) is 12.0. The lowest BCUT2D eigenvalue weighted by Gasteiger charge is -2.30. The maximum Gasteiger partial charge on any atom is 0.156 e. The molecule has 0 aliphatic carbocycles. The van der Waals surface area contributed by atoms with E-state index in [4.69, 9.17) is 9.47 Å². The number of aryl methyl sites for hydroxylation is 1. The molecule has 2 N–H and O–H groups in total. The summed E-state index contributed by atoms with van der Waals surface area (Å²) in [6.07, 6.45) is 6.63. The predicted molar refractivity (Wildman–Crippen MR) is 139 cm³/mol. The normalized spacial score (nSPS) is 16.7. The molecule has 1 aliphatic rings. The van der Waals surface area contributed by atoms with Gasteiger partial charge < -0.3 is 20.1 Å². The van der Waals surface area contributed by atoms with Gasteiger partial charge in [-0.25, -0.2) is 14.4 Å². The summed E-state index contributed by atoms with van der Waals surface area (Å²) in [6.45, 7) is 4.00. The monoisotopic (exact) mass is 499 g/mol. The van der Waals surface area contributed by atoms with Gasteiger partial charge in [-0.15, -0.1) is 0 Å². The van der Waals surface area contributed by atoms with E-state index in [2.05, 4.69) is 30.7 Å². The number of halogens is 1. The minimum Gasteiger partial charge on any atom is -0.488 e. The number of benzene rings is 2. The average molecular weight is 500 g/mol. The van der Waals surface area contributed by atoms with Crippen LogP contribution in [0.4, 0.5) is 15.9 Å². The van der Waals surface area contributed by atoms with E-state index < -0.39 is 5.82 Å². The summed E-state index contributed by atoms with van der Waals surface area (Å²) in [5.74, 6) is 0.630. The Morgan fingerprint density at radius 2 is 2.08 bits per heavy atom. The van der Waals surface area contributed by atoms with E-state index in [9.17, 15) is 0 Å². The molecular weight excluding hydrogens is 473 g/mol. The zero-order chi connectivity index (χ0) is 25.4. The number of ether oxygens (including phenoxy) is 2. The molecule has 37 heavy (non-hydrogen) atoms. The van der Waals surface area contributed by atoms with Gasteiger partial charge in [-0.05, 0) is 48.9 Å². The average Bonchev–Trinajstić information content (AvgIpc) is 3.37. The highest BCUT2D eigenvalue weighted by molar-refractivity contribution is 5.99. The molecule has 188 valence electrons. The highest BCUT2D eigenvalue weighted by Gasteiger charge is 2.24. The topological polar surface area (TPSA) is 99.0 Å². The number of hydrogen-bond acceptors (Lipinski definition) is 8. The van der Waals surface area contributed by atoms with E-state index in [1.165, 1.54) is 6.33 Å². The van der Waals surface area contributed by atoms with Gasteiger partial charge in [-0.3, -0.25) is 9.67 Å². The van der Waals surface area contributed by atoms with Crippen molar-refractivity contribution >= 4 is 33.3 Å². The standard InChI is InChI=1S/C27H26FN7O2/c1-16(23-14-36-9-8-30-23)37-24-11-17(18-12-33-35(2)13-18)10-22-25(24)27(32-15-31-22)34-21-6-5-20-19(26(21)28)4-3-7-29-20/h3-7,10-13,15-16,23,30H,8-9,14H2,1-2H3,(H,31,32,34)/t16-,23+/m0/s1. The number of aromatic nitrogens is 5. The number of nitrogens with zero attached hydrogens (tertiary/aromatic N) is 5. The highest BCUT2D eigenvalue weighted by Crippen LogP contribution is 2.37. The molecule has 2 atom stereocenters. The van der Waals surface area contributed by atoms with Crippen molar-refractivity contribution in [2.45, 2.75) is 19.1 Å². The number of anilines is 2. The number of rotatable bonds is 6. The molecule has 1 aliphatic heterocycles. The number of morpholine rings is 1. The van der Waals surface area contributed by atoms with Gasteiger partial charge >= 0.3 is 0 Å². The van der Waals surface area contributed by atoms with Crippen LogP contribution in [0.3, 0.4) is 0 Å². The molecule has 5 aromatic rings. The lowest BCUT2D eigenvalue weighted by Crippen LogP contribution is -2.49. The summed E-state index contributed by atoms with van der Waals surface area (Å²) < 4.78 is 29.3. The van der Waals surface area contributed by atoms with Crippen molar-refractivity contribution in [3.63, 3.8) is 0 Å². The molecular formula is C27H26FN7O2. The number of fused-ring (bicyclic) bond motifs is 2. The van der Waals surface area contributed by atoms with Crippen LogP contribution in [0.15, 0.2) is 61.3 Å². The SMILES string of the molecule is C[C@H](Oc1cc(-c2cnn(C)c2)cc2ncnc(Nc3ccc4ncccc4c3F)c12)[C@H]1COCCN1. The molecule has 1 fully saturated rings. The highest BCUT2D eigenvalue weighted by atomic mass is 19.1. The number of hydrogen-bond donors (Lipinski definition) is 2. The zero-order valence-corrected chi connectivity index (χ0v) is 20.5. The van der Waals surface area contributed by atoms with E-state index in [0.29, 0.717) is 46.6 Å². The second kappa shape index (κ2) is 9.72. The van der Waals surface area contributed by atoms with Crippen molar-refractivity contribution in [3.8, 4) is 16.9 Å². The van der Waals surface area contributed by atoms with Gasteiger partial charge in [0.2, 0.25) is 0 Å². The van der Waals surface area contributed by atoms with Gasteiger partial charge in [0.05, 0.1) is 47.6 Å². The quantitative estimate of drug-likeness (QED) is 0.358. The van der Waals surface area contributed by atoms with E-state index in [-0.39, 0.29) is 17.8 Å². The molecule has 0 radical (unpaired) electrons. The van der Waals surface area contributed by atoms with Crippen LogP contribution in [-0.2, 0) is 11.8 Å². The van der Waals surface area contributed by atoms with E-state index in [1.54, 1.807) is 41.3 Å². The van der Waals surface area contributed by atoms with Crippen molar-refractivity contribution in [2.24, 2.45) is 7.05 Å². The van der Waals surface area contributed by atoms with Gasteiger partial charge in [0.25, 0.3) is 0 Å². The molecule has 3 aromatic heterocycles. The Balaban J connectivity index is 1.45. The fourth-order valence-corrected chi connectivity index (χ4v) is 4.59. The van der Waals surface area contributed by atoms with Crippen LogP contribution >= 0.6 is 0 Å². The van der Waals surface area contributed by atoms with Crippen molar-refractivity contribution in [3.05, 3.63) is 67.1 Å². The fraction of sp³-hybridized carbons (Fsp3) is 0.259. The summed E-state index contributed by atoms with van der Waals surface area (Å²) in [5.41, 5.74) is 3.37. The van der Waals surface area contributed by atoms with Crippen molar-refractivity contribution in [2.75, 3.05) is 25.1 Å². The van der Waals surface area contributed by atoms with Crippen LogP contribution in [0.25, 0.3) is 32.9 Å². The summed E-state index contributed by atoms with van der Waals surface area (Å²) in [7, 11) is 1.87. The Morgan fingerprint density at radius 1 is 1.16 bits per heavy atom. The number of nitrogens with one attached hydrogen (secondary N) is 2. The van der Waals surface area contributed by atoms with Crippen LogP contribution in [-0.4, -0.2) is 56.6 Å². The third-order valence-corrected chi connectivity index (χ3v) is 6.54. The first-order chi connectivity index (χ1) is 18.1. The molecule has 0 spiro atoms. The minimum absolute atomic E-state index is 0.0253. The first-order valence-corrected chi connectivity index (χ1v) is 12.1. The summed E-state index contributed by atoms with van der Waals surface area (Å²) in [4.78, 5) is 13.2. The van der Waals surface area contributed by atoms with Gasteiger partial charge in [0, 0.05) is 36.9 Å². The first kappa shape index (κ1) is 23.3. The van der Waals surface area contributed by atoms with Gasteiger partial charge in [0.15, 0.2) is 5.82 Å². The third kappa shape index (κ3) is 4.56. The van der Waals surface area contributed by atoms with Crippen LogP contribution in [0.2, 0.25) is 0 Å². The Bertz CT molecular complexity index is 1580. The molecule has 2 aromatic carbocycles. The van der Waals surface area contributed by atoms with Crippen LogP contribution < -0.4 is 15.4 Å². The molecule has 0 bridgehead atoms. The van der Waals surface area contributed by atoms with Crippen LogP contribution in [0, 0.1) is 5.82 Å². The molecule has 0 amide bonds. The molecule has 6 rings (SSSR count). The maximum atomic E-state index is 15.4. The van der Waals surface area contributed by atoms with Gasteiger partial charge in [0.1, 0.15) is 24.0 Å². The zero-order valence-electron chi connectivity index (χ0n) is 20.5. The van der Waals surface area contributed by atoms with Gasteiger partial charge in [-0.2, -0.15) is 5.10 Å². The lowest BCUT2D eigenvalue weighted by molar-refractivity contribution is 0.0342. The lowest BCUT2D eigenvalue weighted by atomic mass is 10.1. The maximum absolute atomic E-state index is 15.4. The molecule has 0 saturated carbocycles. The Hall–Kier alpha value is -4.15. The van der Waals surface area contributed by atoms with E-state index in [1.807, 2.05) is 32.3 Å². The third-order valence-electron chi connectivity index (χ3n) is 6.54. The Labute approximate surface area is 212 Å². The molecule has 1 saturated heterocycles. The second-order valence-electron chi connectivity index (χ2n) is 9.07. The largest absolute Gasteiger partial charge is 0.488 e. The smallest absolute Gasteiger partial charge is 0.156 e. The van der Waals surface area contributed by atoms with E-state index >= 15 is 4.39 Å². The summed E-state index contributed by atoms with van der Waals surface area (Å²) in [6, 6.07) is 10.8. The molecule has 10 heteroatoms. The number of pyridine rings is 1. The molecule has 9 nitrogen and oxygen atoms in total. The molecule has 4 heterocycles. The van der Waals surface area contributed by atoms with Crippen molar-refractivity contribution in [1.29, 1.82) is 0 Å². The second-order valence-corrected chi connectivity index (χ2v) is 9.07. The van der Waals surface area contributed by atoms with Crippen LogP contribution in [0.1, 0.15) is 6.92 Å². The van der Waals surface area contributed by atoms with Crippen molar-refractivity contribution < 1.29 is 13.9 Å². The Morgan fingerprint density at radius 3 is 2.89 bits per heavy atom. The fourth-order valence-electron chi connectivity index (χ4n) is 4.59. The van der Waals surface area contributed by atoms with Crippen molar-refractivity contribution in [1.82, 2.24) is 30.0 Å². The Kier molecular flexibility index (Phi) is 6.11. The first-order valence-electron chi connectivity index (χ1n) is 12.1. The predicted octanol–water partition coefficient (Wildman–Crippen LogP) is 4.22. The van der Waals surface area contributed by atoms with Crippen LogP contribution in [0.5, 0.6) is 5.75 Å². The summed E-state index contributed by atoms with van der Waals surface area (Å²) >= 11 is 0. The van der Waals surface area contributed by atoms with Gasteiger partial charge in [-0.1, -0.05) is 0 Å². The molecule has 0 unspecified atom stereocenters. The van der Waals surface area contributed by atoms with E-state index in [0.717, 1.165) is 17.7 Å². The minimum atomic E-state index is -0.399.